The Morgan fingerprint density at radius 2 is 2.14 bits per heavy atom. The molecule has 6 heteroatoms. The van der Waals surface area contributed by atoms with Crippen molar-refractivity contribution >= 4 is 17.7 Å². The molecule has 0 aliphatic carbocycles. The fraction of sp³-hybridized carbons (Fsp3) is 0.312. The van der Waals surface area contributed by atoms with Gasteiger partial charge in [-0.3, -0.25) is 4.79 Å². The van der Waals surface area contributed by atoms with Gasteiger partial charge in [-0.1, -0.05) is 48.2 Å². The zero-order valence-electron chi connectivity index (χ0n) is 12.8. The van der Waals surface area contributed by atoms with Crippen molar-refractivity contribution in [2.75, 3.05) is 6.54 Å². The molecule has 2 rings (SSSR count). The lowest BCUT2D eigenvalue weighted by Gasteiger charge is -2.12. The average Bonchev–Trinajstić information content (AvgIpc) is 2.86. The monoisotopic (exact) mass is 316 g/mol. The minimum Gasteiger partial charge on any atom is -0.352 e. The van der Waals surface area contributed by atoms with E-state index >= 15 is 0 Å². The molecule has 5 nitrogen and oxygen atoms in total. The minimum atomic E-state index is -0.238. The summed E-state index contributed by atoms with van der Waals surface area (Å²) in [6.45, 7) is 8.54. The van der Waals surface area contributed by atoms with Gasteiger partial charge in [-0.25, -0.2) is 0 Å². The Kier molecular flexibility index (Phi) is 5.77. The second kappa shape index (κ2) is 7.79. The number of nitrogens with one attached hydrogen (secondary N) is 1. The highest BCUT2D eigenvalue weighted by atomic mass is 32.2. The van der Waals surface area contributed by atoms with Crippen molar-refractivity contribution in [2.24, 2.45) is 0 Å². The Labute approximate surface area is 134 Å². The maximum atomic E-state index is 11.9. The summed E-state index contributed by atoms with van der Waals surface area (Å²) in [5.74, 6) is 0.807. The lowest BCUT2D eigenvalue weighted by molar-refractivity contribution is -0.120. The molecule has 1 atom stereocenters. The van der Waals surface area contributed by atoms with E-state index in [1.807, 2.05) is 36.6 Å². The molecule has 0 saturated carbocycles. The average molecular weight is 316 g/mol. The van der Waals surface area contributed by atoms with Crippen LogP contribution in [0.5, 0.6) is 0 Å². The number of carbonyl (C=O) groups excluding carboxylic acids is 1. The van der Waals surface area contributed by atoms with E-state index in [-0.39, 0.29) is 11.2 Å². The smallest absolute Gasteiger partial charge is 0.233 e. The first kappa shape index (κ1) is 16.3. The summed E-state index contributed by atoms with van der Waals surface area (Å²) in [6, 6.07) is 10.1. The Morgan fingerprint density at radius 3 is 2.82 bits per heavy atom. The van der Waals surface area contributed by atoms with Crippen molar-refractivity contribution in [3.63, 3.8) is 0 Å². The largest absolute Gasteiger partial charge is 0.352 e. The fourth-order valence-electron chi connectivity index (χ4n) is 1.92. The summed E-state index contributed by atoms with van der Waals surface area (Å²) >= 11 is 1.41. The quantitative estimate of drug-likeness (QED) is 0.629. The van der Waals surface area contributed by atoms with Crippen molar-refractivity contribution in [2.45, 2.75) is 30.8 Å². The van der Waals surface area contributed by atoms with Crippen molar-refractivity contribution in [3.05, 3.63) is 54.4 Å². The summed E-state index contributed by atoms with van der Waals surface area (Å²) in [5.41, 5.74) is 1.18. The highest BCUT2D eigenvalue weighted by molar-refractivity contribution is 8.00. The Morgan fingerprint density at radius 1 is 1.41 bits per heavy atom. The van der Waals surface area contributed by atoms with Crippen LogP contribution in [0.15, 0.2) is 48.1 Å². The lowest BCUT2D eigenvalue weighted by atomic mass is 10.2. The number of hydrogen-bond donors (Lipinski definition) is 1. The van der Waals surface area contributed by atoms with Crippen LogP contribution in [0.25, 0.3) is 0 Å². The molecule has 1 aromatic heterocycles. The van der Waals surface area contributed by atoms with E-state index in [2.05, 4.69) is 34.2 Å². The van der Waals surface area contributed by atoms with Crippen LogP contribution >= 0.6 is 11.8 Å². The molecule has 1 aromatic carbocycles. The van der Waals surface area contributed by atoms with E-state index in [1.54, 1.807) is 6.08 Å². The van der Waals surface area contributed by atoms with E-state index in [4.69, 9.17) is 0 Å². The lowest BCUT2D eigenvalue weighted by Crippen LogP contribution is -2.31. The van der Waals surface area contributed by atoms with E-state index in [0.29, 0.717) is 13.1 Å². The van der Waals surface area contributed by atoms with Gasteiger partial charge >= 0.3 is 0 Å². The predicted octanol–water partition coefficient (Wildman–Crippen LogP) is 2.42. The highest BCUT2D eigenvalue weighted by Crippen LogP contribution is 2.23. The molecule has 1 N–H and O–H groups in total. The normalized spacial score (nSPS) is 11.9. The molecule has 0 aliphatic rings. The number of benzene rings is 1. The molecule has 0 radical (unpaired) electrons. The van der Waals surface area contributed by atoms with E-state index < -0.39 is 0 Å². The number of thioether (sulfide) groups is 1. The van der Waals surface area contributed by atoms with Gasteiger partial charge in [0.2, 0.25) is 5.91 Å². The first-order valence-electron chi connectivity index (χ1n) is 7.10. The fourth-order valence-corrected chi connectivity index (χ4v) is 2.84. The third kappa shape index (κ3) is 4.21. The number of aryl methyl sites for hydroxylation is 1. The van der Waals surface area contributed by atoms with Crippen molar-refractivity contribution in [3.8, 4) is 0 Å². The Hall–Kier alpha value is -2.08. The van der Waals surface area contributed by atoms with Crippen LogP contribution in [-0.2, 0) is 11.3 Å². The van der Waals surface area contributed by atoms with E-state index in [0.717, 1.165) is 11.0 Å². The summed E-state index contributed by atoms with van der Waals surface area (Å²) in [6.07, 6.45) is 1.66. The van der Waals surface area contributed by atoms with Crippen molar-refractivity contribution < 1.29 is 4.79 Å². The molecule has 2 aromatic rings. The first-order chi connectivity index (χ1) is 10.6. The van der Waals surface area contributed by atoms with Gasteiger partial charge in [0.05, 0.1) is 11.8 Å². The summed E-state index contributed by atoms with van der Waals surface area (Å²) in [4.78, 5) is 11.9. The summed E-state index contributed by atoms with van der Waals surface area (Å²) < 4.78 is 2.03. The van der Waals surface area contributed by atoms with E-state index in [1.165, 1.54) is 17.3 Å². The van der Waals surface area contributed by atoms with Crippen LogP contribution in [0.1, 0.15) is 18.3 Å². The number of aromatic nitrogens is 3. The molecule has 1 heterocycles. The first-order valence-corrected chi connectivity index (χ1v) is 7.98. The molecule has 0 spiro atoms. The number of rotatable bonds is 7. The molecule has 0 fully saturated rings. The Bertz CT molecular complexity index is 639. The predicted molar refractivity (Wildman–Crippen MR) is 88.8 cm³/mol. The summed E-state index contributed by atoms with van der Waals surface area (Å²) in [5, 5.41) is 11.6. The highest BCUT2D eigenvalue weighted by Gasteiger charge is 2.18. The molecule has 22 heavy (non-hydrogen) atoms. The number of nitrogens with zero attached hydrogens (tertiary/aromatic N) is 3. The van der Waals surface area contributed by atoms with Crippen LogP contribution in [0, 0.1) is 6.92 Å². The van der Waals surface area contributed by atoms with Gasteiger partial charge in [-0.15, -0.1) is 16.8 Å². The van der Waals surface area contributed by atoms with Crippen LogP contribution in [0.3, 0.4) is 0 Å². The topological polar surface area (TPSA) is 59.8 Å². The van der Waals surface area contributed by atoms with Crippen LogP contribution in [0.2, 0.25) is 0 Å². The minimum absolute atomic E-state index is 0.0307. The number of hydrogen-bond acceptors (Lipinski definition) is 4. The molecule has 0 aliphatic heterocycles. The van der Waals surface area contributed by atoms with Crippen LogP contribution in [-0.4, -0.2) is 32.5 Å². The van der Waals surface area contributed by atoms with Gasteiger partial charge in [0.15, 0.2) is 5.16 Å². The molecule has 0 unspecified atom stereocenters. The molecule has 0 bridgehead atoms. The second-order valence-corrected chi connectivity index (χ2v) is 6.20. The molecule has 1 amide bonds. The van der Waals surface area contributed by atoms with Crippen molar-refractivity contribution in [1.29, 1.82) is 0 Å². The molecule has 116 valence electrons. The van der Waals surface area contributed by atoms with Gasteiger partial charge in [-0.05, 0) is 19.4 Å². The standard InChI is InChI=1S/C16H20N4OS/c1-4-10-17-15(21)12(2)22-16-19-18-13(3)20(16)11-14-8-6-5-7-9-14/h4-9,12H,1,10-11H2,2-3H3,(H,17,21)/t12-/m1/s1. The maximum Gasteiger partial charge on any atom is 0.233 e. The van der Waals surface area contributed by atoms with Gasteiger partial charge in [0, 0.05) is 6.54 Å². The Balaban J connectivity index is 2.09. The third-order valence-electron chi connectivity index (χ3n) is 3.16. The number of amides is 1. The SMILES string of the molecule is C=CCNC(=O)[C@@H](C)Sc1nnc(C)n1Cc1ccccc1. The molecular weight excluding hydrogens is 296 g/mol. The molecule has 0 saturated heterocycles. The van der Waals surface area contributed by atoms with Crippen molar-refractivity contribution in [1.82, 2.24) is 20.1 Å². The van der Waals surface area contributed by atoms with Crippen LogP contribution < -0.4 is 5.32 Å². The zero-order chi connectivity index (χ0) is 15.9. The second-order valence-electron chi connectivity index (χ2n) is 4.90. The van der Waals surface area contributed by atoms with Gasteiger partial charge in [0.25, 0.3) is 0 Å². The van der Waals surface area contributed by atoms with Gasteiger partial charge < -0.3 is 9.88 Å². The zero-order valence-corrected chi connectivity index (χ0v) is 13.6. The van der Waals surface area contributed by atoms with E-state index in [9.17, 15) is 4.79 Å². The molecular formula is C16H20N4OS. The van der Waals surface area contributed by atoms with Gasteiger partial charge in [-0.2, -0.15) is 0 Å². The summed E-state index contributed by atoms with van der Waals surface area (Å²) in [7, 11) is 0. The van der Waals surface area contributed by atoms with Gasteiger partial charge in [0.1, 0.15) is 5.82 Å². The third-order valence-corrected chi connectivity index (χ3v) is 4.24. The van der Waals surface area contributed by atoms with Crippen LogP contribution in [0.4, 0.5) is 0 Å². The number of carbonyl (C=O) groups is 1. The maximum absolute atomic E-state index is 11.9.